The van der Waals surface area contributed by atoms with Gasteiger partial charge in [0.1, 0.15) is 0 Å². The molecule has 0 atom stereocenters. The molecule has 3 nitrogen and oxygen atoms in total. The smallest absolute Gasteiger partial charge is 0.326 e. The number of hydrogen-bond acceptors (Lipinski definition) is 2. The maximum Gasteiger partial charge on any atom is 0.417 e. The van der Waals surface area contributed by atoms with E-state index in [9.17, 15) is 13.2 Å². The molecule has 1 aromatic heterocycles. The summed E-state index contributed by atoms with van der Waals surface area (Å²) in [5.74, 6) is 0.447. The molecule has 0 fully saturated rings. The van der Waals surface area contributed by atoms with Gasteiger partial charge in [0, 0.05) is 18.4 Å². The van der Waals surface area contributed by atoms with E-state index in [-0.39, 0.29) is 10.7 Å². The van der Waals surface area contributed by atoms with Crippen LogP contribution in [0.15, 0.2) is 37.1 Å². The first-order chi connectivity index (χ1) is 9.81. The van der Waals surface area contributed by atoms with Crippen molar-refractivity contribution in [3.8, 4) is 0 Å². The molecular formula is C14H13ClF3N3. The number of nitrogens with zero attached hydrogens (tertiary/aromatic N) is 2. The largest absolute Gasteiger partial charge is 0.417 e. The lowest BCUT2D eigenvalue weighted by atomic mass is 10.2. The molecule has 0 aliphatic heterocycles. The van der Waals surface area contributed by atoms with E-state index < -0.39 is 11.7 Å². The van der Waals surface area contributed by atoms with Gasteiger partial charge in [-0.2, -0.15) is 13.2 Å². The number of alkyl halides is 3. The summed E-state index contributed by atoms with van der Waals surface area (Å²) in [6.45, 7) is 5.93. The second-order valence-corrected chi connectivity index (χ2v) is 4.87. The zero-order valence-electron chi connectivity index (χ0n) is 11.2. The van der Waals surface area contributed by atoms with E-state index >= 15 is 0 Å². The number of halogens is 4. The molecule has 1 N–H and O–H groups in total. The van der Waals surface area contributed by atoms with E-state index in [1.165, 1.54) is 12.1 Å². The van der Waals surface area contributed by atoms with Gasteiger partial charge in [0.05, 0.1) is 16.3 Å². The number of hydrogen-bond donors (Lipinski definition) is 1. The second-order valence-electron chi connectivity index (χ2n) is 4.46. The molecule has 0 spiro atoms. The minimum Gasteiger partial charge on any atom is -0.326 e. The molecule has 112 valence electrons. The van der Waals surface area contributed by atoms with Gasteiger partial charge in [-0.25, -0.2) is 4.98 Å². The van der Waals surface area contributed by atoms with Gasteiger partial charge in [-0.3, -0.25) is 0 Å². The fourth-order valence-corrected chi connectivity index (χ4v) is 2.10. The fraction of sp³-hybridized carbons (Fsp3) is 0.214. The summed E-state index contributed by atoms with van der Waals surface area (Å²) in [7, 11) is 0. The number of rotatable bonds is 4. The summed E-state index contributed by atoms with van der Waals surface area (Å²) in [5.41, 5.74) is 0.139. The lowest BCUT2D eigenvalue weighted by Crippen LogP contribution is -2.07. The Hall–Kier alpha value is -1.95. The van der Waals surface area contributed by atoms with Crippen molar-refractivity contribution in [3.63, 3.8) is 0 Å². The maximum absolute atomic E-state index is 12.8. The lowest BCUT2D eigenvalue weighted by Gasteiger charge is -2.12. The van der Waals surface area contributed by atoms with Crippen LogP contribution < -0.4 is 5.32 Å². The molecule has 0 amide bonds. The Morgan fingerprint density at radius 3 is 2.76 bits per heavy atom. The Kier molecular flexibility index (Phi) is 4.27. The molecule has 0 aliphatic carbocycles. The SMILES string of the molecule is C=CCn1cc(C)nc1Nc1ccc(Cl)c(C(F)(F)F)c1. The summed E-state index contributed by atoms with van der Waals surface area (Å²) in [4.78, 5) is 4.23. The Bertz CT molecular complexity index is 662. The van der Waals surface area contributed by atoms with Crippen LogP contribution in [0.5, 0.6) is 0 Å². The number of anilines is 2. The van der Waals surface area contributed by atoms with Crippen molar-refractivity contribution in [1.82, 2.24) is 9.55 Å². The van der Waals surface area contributed by atoms with E-state index in [4.69, 9.17) is 11.6 Å². The van der Waals surface area contributed by atoms with E-state index in [1.807, 2.05) is 0 Å². The van der Waals surface area contributed by atoms with Gasteiger partial charge in [-0.15, -0.1) is 6.58 Å². The van der Waals surface area contributed by atoms with Gasteiger partial charge in [-0.1, -0.05) is 17.7 Å². The van der Waals surface area contributed by atoms with Crippen LogP contribution in [-0.4, -0.2) is 9.55 Å². The van der Waals surface area contributed by atoms with Crippen LogP contribution in [0, 0.1) is 6.92 Å². The van der Waals surface area contributed by atoms with Crippen molar-refractivity contribution in [1.29, 1.82) is 0 Å². The summed E-state index contributed by atoms with van der Waals surface area (Å²) < 4.78 is 40.2. The highest BCUT2D eigenvalue weighted by Crippen LogP contribution is 2.36. The Morgan fingerprint density at radius 1 is 1.43 bits per heavy atom. The van der Waals surface area contributed by atoms with Gasteiger partial charge in [0.15, 0.2) is 0 Å². The summed E-state index contributed by atoms with van der Waals surface area (Å²) in [5, 5.41) is 2.53. The van der Waals surface area contributed by atoms with Crippen molar-refractivity contribution in [3.05, 3.63) is 53.3 Å². The number of imidazole rings is 1. The normalized spacial score (nSPS) is 11.5. The molecule has 0 aliphatic rings. The summed E-state index contributed by atoms with van der Waals surface area (Å²) in [6.07, 6.45) is -1.04. The Morgan fingerprint density at radius 2 is 2.14 bits per heavy atom. The van der Waals surface area contributed by atoms with E-state index in [1.54, 1.807) is 23.8 Å². The third kappa shape index (κ3) is 3.58. The van der Waals surface area contributed by atoms with Crippen molar-refractivity contribution in [2.45, 2.75) is 19.6 Å². The molecule has 0 unspecified atom stereocenters. The first kappa shape index (κ1) is 15.4. The molecular weight excluding hydrogens is 303 g/mol. The highest BCUT2D eigenvalue weighted by molar-refractivity contribution is 6.31. The average Bonchev–Trinajstić information content (AvgIpc) is 2.71. The third-order valence-electron chi connectivity index (χ3n) is 2.75. The monoisotopic (exact) mass is 315 g/mol. The fourth-order valence-electron chi connectivity index (χ4n) is 1.87. The average molecular weight is 316 g/mol. The van der Waals surface area contributed by atoms with Crippen molar-refractivity contribution >= 4 is 23.2 Å². The summed E-state index contributed by atoms with van der Waals surface area (Å²) in [6, 6.07) is 3.64. The highest BCUT2D eigenvalue weighted by atomic mass is 35.5. The van der Waals surface area contributed by atoms with Crippen LogP contribution in [0.4, 0.5) is 24.8 Å². The van der Waals surface area contributed by atoms with Crippen LogP contribution in [0.25, 0.3) is 0 Å². The second kappa shape index (κ2) is 5.81. The van der Waals surface area contributed by atoms with Gasteiger partial charge in [0.2, 0.25) is 5.95 Å². The van der Waals surface area contributed by atoms with Crippen LogP contribution >= 0.6 is 11.6 Å². The van der Waals surface area contributed by atoms with Crippen molar-refractivity contribution < 1.29 is 13.2 Å². The number of aryl methyl sites for hydroxylation is 1. The lowest BCUT2D eigenvalue weighted by molar-refractivity contribution is -0.137. The molecule has 1 aromatic carbocycles. The van der Waals surface area contributed by atoms with Crippen LogP contribution in [0.1, 0.15) is 11.3 Å². The van der Waals surface area contributed by atoms with E-state index in [2.05, 4.69) is 16.9 Å². The molecule has 7 heteroatoms. The van der Waals surface area contributed by atoms with Crippen LogP contribution in [0.2, 0.25) is 5.02 Å². The van der Waals surface area contributed by atoms with Crippen molar-refractivity contribution in [2.24, 2.45) is 0 Å². The van der Waals surface area contributed by atoms with Gasteiger partial charge >= 0.3 is 6.18 Å². The molecule has 0 saturated carbocycles. The van der Waals surface area contributed by atoms with Crippen LogP contribution in [-0.2, 0) is 12.7 Å². The molecule has 0 radical (unpaired) electrons. The third-order valence-corrected chi connectivity index (χ3v) is 3.08. The van der Waals surface area contributed by atoms with Crippen LogP contribution in [0.3, 0.4) is 0 Å². The molecule has 0 saturated heterocycles. The van der Waals surface area contributed by atoms with E-state index in [0.717, 1.165) is 11.8 Å². The highest BCUT2D eigenvalue weighted by Gasteiger charge is 2.33. The Labute approximate surface area is 125 Å². The minimum atomic E-state index is -4.50. The summed E-state index contributed by atoms with van der Waals surface area (Å²) >= 11 is 5.59. The first-order valence-corrected chi connectivity index (χ1v) is 6.47. The zero-order valence-corrected chi connectivity index (χ0v) is 12.0. The number of nitrogens with one attached hydrogen (secondary N) is 1. The number of benzene rings is 1. The quantitative estimate of drug-likeness (QED) is 0.822. The van der Waals surface area contributed by atoms with Crippen molar-refractivity contribution in [2.75, 3.05) is 5.32 Å². The number of aromatic nitrogens is 2. The maximum atomic E-state index is 12.8. The van der Waals surface area contributed by atoms with E-state index in [0.29, 0.717) is 12.5 Å². The standard InChI is InChI=1S/C14H13ClF3N3/c1-3-6-21-8-9(2)19-13(21)20-10-4-5-12(15)11(7-10)14(16,17)18/h3-5,7-8H,1,6H2,2H3,(H,19,20). The van der Waals surface area contributed by atoms with Gasteiger partial charge < -0.3 is 9.88 Å². The molecule has 0 bridgehead atoms. The molecule has 2 rings (SSSR count). The molecule has 21 heavy (non-hydrogen) atoms. The topological polar surface area (TPSA) is 29.9 Å². The first-order valence-electron chi connectivity index (χ1n) is 6.09. The number of allylic oxidation sites excluding steroid dienone is 1. The predicted molar refractivity (Wildman–Crippen MR) is 76.9 cm³/mol. The Balaban J connectivity index is 2.34. The van der Waals surface area contributed by atoms with Gasteiger partial charge in [-0.05, 0) is 25.1 Å². The predicted octanol–water partition coefficient (Wildman–Crippen LogP) is 4.79. The molecule has 2 aromatic rings. The minimum absolute atomic E-state index is 0.266. The van der Waals surface area contributed by atoms with Gasteiger partial charge in [0.25, 0.3) is 0 Å². The zero-order chi connectivity index (χ0) is 15.6. The molecule has 1 heterocycles.